The normalized spacial score (nSPS) is 18.9. The van der Waals surface area contributed by atoms with E-state index in [0.29, 0.717) is 6.04 Å². The van der Waals surface area contributed by atoms with Gasteiger partial charge in [-0.05, 0) is 57.0 Å². The first kappa shape index (κ1) is 28.3. The SMILES string of the molecule is C=N/C(=C\C=C/C)N(C)c1cccc([C@@H]2CCCN2C(=C)CC2CCCCC2)n1.CC(C)C(N)=O. The van der Waals surface area contributed by atoms with E-state index in [1.807, 2.05) is 43.2 Å². The molecule has 6 heteroatoms. The number of nitrogens with zero attached hydrogens (tertiary/aromatic N) is 4. The number of carbonyl (C=O) groups is 1. The fourth-order valence-corrected chi connectivity index (χ4v) is 4.68. The lowest BCUT2D eigenvalue weighted by atomic mass is 9.86. The van der Waals surface area contributed by atoms with E-state index in [9.17, 15) is 4.79 Å². The highest BCUT2D eigenvalue weighted by molar-refractivity contribution is 5.75. The standard InChI is InChI=1S/C25H36N4.C4H9NO/c1-5-6-16-24(26-3)28(4)25-17-10-14-22(27-25)23-15-11-18-29(23)20(2)19-21-12-8-7-9-13-21;1-3(2)4(5)6/h5-6,10,14,16-17,21,23H,2-3,7-9,11-13,15,18-19H2,1,4H3;3H,1-2H3,(H2,5,6)/b6-5-,24-16+;/t23-;/m0./s1. The van der Waals surface area contributed by atoms with Crippen molar-refractivity contribution in [3.63, 3.8) is 0 Å². The minimum atomic E-state index is -0.241. The summed E-state index contributed by atoms with van der Waals surface area (Å²) in [7, 11) is 1.99. The van der Waals surface area contributed by atoms with Crippen molar-refractivity contribution in [1.29, 1.82) is 0 Å². The number of primary amides is 1. The lowest BCUT2D eigenvalue weighted by Crippen LogP contribution is -2.25. The summed E-state index contributed by atoms with van der Waals surface area (Å²) in [5.41, 5.74) is 7.23. The van der Waals surface area contributed by atoms with Gasteiger partial charge in [0.2, 0.25) is 5.91 Å². The van der Waals surface area contributed by atoms with Gasteiger partial charge in [0.1, 0.15) is 11.6 Å². The van der Waals surface area contributed by atoms with Crippen LogP contribution < -0.4 is 10.6 Å². The molecule has 2 N–H and O–H groups in total. The summed E-state index contributed by atoms with van der Waals surface area (Å²) in [6, 6.07) is 6.63. The van der Waals surface area contributed by atoms with Crippen LogP contribution in [0.2, 0.25) is 0 Å². The molecule has 0 spiro atoms. The number of hydrogen-bond donors (Lipinski definition) is 1. The number of carbonyl (C=O) groups excluding carboxylic acids is 1. The third-order valence-electron chi connectivity index (χ3n) is 6.86. The summed E-state index contributed by atoms with van der Waals surface area (Å²) in [4.78, 5) is 23.6. The Balaban J connectivity index is 0.000000641. The van der Waals surface area contributed by atoms with Crippen molar-refractivity contribution < 1.29 is 4.79 Å². The number of likely N-dealkylation sites (tertiary alicyclic amines) is 1. The van der Waals surface area contributed by atoms with Gasteiger partial charge in [0.05, 0.1) is 11.7 Å². The van der Waals surface area contributed by atoms with Crippen LogP contribution in [0.25, 0.3) is 0 Å². The highest BCUT2D eigenvalue weighted by atomic mass is 16.1. The van der Waals surface area contributed by atoms with Gasteiger partial charge in [-0.3, -0.25) is 4.79 Å². The average Bonchev–Trinajstić information content (AvgIpc) is 3.36. The van der Waals surface area contributed by atoms with Crippen LogP contribution in [0.5, 0.6) is 0 Å². The molecule has 2 fully saturated rings. The van der Waals surface area contributed by atoms with Gasteiger partial charge >= 0.3 is 0 Å². The zero-order valence-corrected chi connectivity index (χ0v) is 22.2. The van der Waals surface area contributed by atoms with E-state index in [4.69, 9.17) is 10.7 Å². The number of aliphatic imine (C=N–C) groups is 1. The van der Waals surface area contributed by atoms with Crippen molar-refractivity contribution in [3.8, 4) is 0 Å². The Hall–Kier alpha value is -2.89. The molecule has 2 heterocycles. The molecule has 1 atom stereocenters. The highest BCUT2D eigenvalue weighted by Gasteiger charge is 2.29. The second kappa shape index (κ2) is 14.5. The molecule has 1 aromatic heterocycles. The van der Waals surface area contributed by atoms with Crippen LogP contribution in [-0.4, -0.2) is 36.1 Å². The first-order valence-electron chi connectivity index (χ1n) is 13.0. The summed E-state index contributed by atoms with van der Waals surface area (Å²) in [5, 5.41) is 0. The Bertz CT molecular complexity index is 898. The quantitative estimate of drug-likeness (QED) is 0.329. The summed E-state index contributed by atoms with van der Waals surface area (Å²) in [5.74, 6) is 2.26. The lowest BCUT2D eigenvalue weighted by Gasteiger charge is -2.32. The lowest BCUT2D eigenvalue weighted by molar-refractivity contribution is -0.120. The van der Waals surface area contributed by atoms with Crippen LogP contribution in [0.3, 0.4) is 0 Å². The van der Waals surface area contributed by atoms with E-state index in [0.717, 1.165) is 42.6 Å². The maximum atomic E-state index is 9.92. The second-order valence-electron chi connectivity index (χ2n) is 9.87. The molecule has 192 valence electrons. The molecule has 1 aromatic rings. The van der Waals surface area contributed by atoms with Crippen molar-refractivity contribution in [1.82, 2.24) is 9.88 Å². The molecule has 1 saturated carbocycles. The van der Waals surface area contributed by atoms with Gasteiger partial charge in [0.15, 0.2) is 0 Å². The molecule has 0 aromatic carbocycles. The Labute approximate surface area is 212 Å². The average molecular weight is 480 g/mol. The number of aromatic nitrogens is 1. The zero-order chi connectivity index (χ0) is 25.8. The van der Waals surface area contributed by atoms with Crippen LogP contribution in [0.4, 0.5) is 5.82 Å². The van der Waals surface area contributed by atoms with E-state index in [-0.39, 0.29) is 11.8 Å². The molecule has 1 saturated heterocycles. The third-order valence-corrected chi connectivity index (χ3v) is 6.86. The van der Waals surface area contributed by atoms with Gasteiger partial charge in [0, 0.05) is 25.2 Å². The van der Waals surface area contributed by atoms with Crippen molar-refractivity contribution in [2.24, 2.45) is 22.6 Å². The van der Waals surface area contributed by atoms with Crippen molar-refractivity contribution in [2.45, 2.75) is 78.2 Å². The fourth-order valence-electron chi connectivity index (χ4n) is 4.68. The second-order valence-corrected chi connectivity index (χ2v) is 9.87. The predicted molar refractivity (Wildman–Crippen MR) is 148 cm³/mol. The number of anilines is 1. The smallest absolute Gasteiger partial charge is 0.219 e. The van der Waals surface area contributed by atoms with Crippen LogP contribution in [0.1, 0.15) is 83.9 Å². The summed E-state index contributed by atoms with van der Waals surface area (Å²) >= 11 is 0. The number of allylic oxidation sites excluding steroid dienone is 4. The molecule has 2 aliphatic rings. The molecule has 0 unspecified atom stereocenters. The molecule has 3 rings (SSSR count). The maximum absolute atomic E-state index is 9.92. The van der Waals surface area contributed by atoms with Crippen LogP contribution in [0.15, 0.2) is 59.5 Å². The van der Waals surface area contributed by atoms with Gasteiger partial charge in [-0.1, -0.05) is 70.7 Å². The van der Waals surface area contributed by atoms with E-state index < -0.39 is 0 Å². The maximum Gasteiger partial charge on any atom is 0.219 e. The van der Waals surface area contributed by atoms with Gasteiger partial charge in [-0.25, -0.2) is 9.98 Å². The van der Waals surface area contributed by atoms with Crippen LogP contribution in [0, 0.1) is 11.8 Å². The molecule has 1 amide bonds. The number of nitrogens with two attached hydrogens (primary N) is 1. The molecule has 0 bridgehead atoms. The topological polar surface area (TPSA) is 74.8 Å². The molecule has 6 nitrogen and oxygen atoms in total. The zero-order valence-electron chi connectivity index (χ0n) is 22.2. The Morgan fingerprint density at radius 3 is 2.54 bits per heavy atom. The van der Waals surface area contributed by atoms with Crippen molar-refractivity contribution in [2.75, 3.05) is 18.5 Å². The summed E-state index contributed by atoms with van der Waals surface area (Å²) < 4.78 is 0. The van der Waals surface area contributed by atoms with Crippen LogP contribution in [-0.2, 0) is 4.79 Å². The monoisotopic (exact) mass is 479 g/mol. The summed E-state index contributed by atoms with van der Waals surface area (Å²) in [6.07, 6.45) is 16.3. The Morgan fingerprint density at radius 1 is 1.26 bits per heavy atom. The number of rotatable bonds is 9. The largest absolute Gasteiger partial charge is 0.369 e. The predicted octanol–water partition coefficient (Wildman–Crippen LogP) is 6.38. The number of amides is 1. The van der Waals surface area contributed by atoms with Gasteiger partial charge in [-0.15, -0.1) is 0 Å². The van der Waals surface area contributed by atoms with E-state index in [2.05, 4.69) is 35.3 Å². The molecular formula is C29H45N5O. The minimum absolute atomic E-state index is 0.00926. The van der Waals surface area contributed by atoms with Gasteiger partial charge in [-0.2, -0.15) is 0 Å². The molecule has 0 radical (unpaired) electrons. The van der Waals surface area contributed by atoms with Gasteiger partial charge < -0.3 is 15.5 Å². The van der Waals surface area contributed by atoms with Crippen molar-refractivity contribution in [3.05, 3.63) is 60.2 Å². The Morgan fingerprint density at radius 2 is 1.94 bits per heavy atom. The highest BCUT2D eigenvalue weighted by Crippen LogP contribution is 2.38. The molecule has 1 aliphatic heterocycles. The fraction of sp³-hybridized carbons (Fsp3) is 0.552. The van der Waals surface area contributed by atoms with Gasteiger partial charge in [0.25, 0.3) is 0 Å². The molecule has 1 aliphatic carbocycles. The van der Waals surface area contributed by atoms with E-state index in [1.165, 1.54) is 44.2 Å². The van der Waals surface area contributed by atoms with Crippen LogP contribution >= 0.6 is 0 Å². The number of hydrogen-bond acceptors (Lipinski definition) is 5. The Kier molecular flexibility index (Phi) is 11.7. The summed E-state index contributed by atoms with van der Waals surface area (Å²) in [6.45, 7) is 14.8. The minimum Gasteiger partial charge on any atom is -0.369 e. The third kappa shape index (κ3) is 8.68. The molecule has 35 heavy (non-hydrogen) atoms. The first-order valence-corrected chi connectivity index (χ1v) is 13.0. The first-order chi connectivity index (χ1) is 16.8. The van der Waals surface area contributed by atoms with Crippen molar-refractivity contribution >= 4 is 18.4 Å². The van der Waals surface area contributed by atoms with E-state index >= 15 is 0 Å². The van der Waals surface area contributed by atoms with E-state index in [1.54, 1.807) is 13.8 Å². The molecular weight excluding hydrogens is 434 g/mol. The number of pyridine rings is 1.